The maximum absolute atomic E-state index is 13.3. The van der Waals surface area contributed by atoms with Crippen LogP contribution in [0.1, 0.15) is 50.3 Å². The smallest absolute Gasteiger partial charge is 0.254 e. The zero-order valence-corrected chi connectivity index (χ0v) is 15.6. The van der Waals surface area contributed by atoms with E-state index < -0.39 is 5.91 Å². The zero-order chi connectivity index (χ0) is 19.0. The number of nitrogens with two attached hydrogens (primary N) is 1. The van der Waals surface area contributed by atoms with E-state index in [9.17, 15) is 9.59 Å². The standard InChI is InChI=1S/C19H19N5O2S/c1-12-10-27-18(22-12)16-3-2-5-24(16)19(26)14-7-13(17(20)25)8-15(9-14)23-6-4-21-11-23/h4,6-11,16H,2-3,5H2,1H3,(H2,20,25). The second-order valence-corrected chi connectivity index (χ2v) is 7.48. The Morgan fingerprint density at radius 1 is 1.26 bits per heavy atom. The number of carbonyl (C=O) groups excluding carboxylic acids is 2. The van der Waals surface area contributed by atoms with Gasteiger partial charge < -0.3 is 15.2 Å². The van der Waals surface area contributed by atoms with E-state index in [2.05, 4.69) is 9.97 Å². The fraction of sp³-hybridized carbons (Fsp3) is 0.263. The lowest BCUT2D eigenvalue weighted by Crippen LogP contribution is -2.31. The van der Waals surface area contributed by atoms with Crippen molar-refractivity contribution in [1.29, 1.82) is 0 Å². The number of likely N-dealkylation sites (tertiary alicyclic amines) is 1. The Morgan fingerprint density at radius 2 is 2.07 bits per heavy atom. The summed E-state index contributed by atoms with van der Waals surface area (Å²) >= 11 is 1.58. The highest BCUT2D eigenvalue weighted by Crippen LogP contribution is 2.35. The predicted octanol–water partition coefficient (Wildman–Crippen LogP) is 2.71. The van der Waals surface area contributed by atoms with Gasteiger partial charge in [-0.25, -0.2) is 9.97 Å². The van der Waals surface area contributed by atoms with Crippen LogP contribution in [0.4, 0.5) is 0 Å². The molecule has 2 N–H and O–H groups in total. The molecule has 1 fully saturated rings. The van der Waals surface area contributed by atoms with Gasteiger partial charge in [-0.15, -0.1) is 11.3 Å². The molecule has 27 heavy (non-hydrogen) atoms. The zero-order valence-electron chi connectivity index (χ0n) is 14.8. The van der Waals surface area contributed by atoms with E-state index in [0.717, 1.165) is 23.5 Å². The number of rotatable bonds is 4. The van der Waals surface area contributed by atoms with Gasteiger partial charge in [-0.2, -0.15) is 0 Å². The molecule has 3 heterocycles. The number of nitrogens with zero attached hydrogens (tertiary/aromatic N) is 4. The number of amides is 2. The van der Waals surface area contributed by atoms with E-state index in [1.54, 1.807) is 52.8 Å². The molecule has 2 aromatic heterocycles. The average molecular weight is 381 g/mol. The molecule has 1 aromatic carbocycles. The molecule has 0 aliphatic carbocycles. The second-order valence-electron chi connectivity index (χ2n) is 6.59. The summed E-state index contributed by atoms with van der Waals surface area (Å²) in [6.07, 6.45) is 6.83. The second kappa shape index (κ2) is 6.96. The van der Waals surface area contributed by atoms with E-state index in [1.807, 2.05) is 17.2 Å². The molecule has 1 saturated heterocycles. The van der Waals surface area contributed by atoms with Gasteiger partial charge >= 0.3 is 0 Å². The first kappa shape index (κ1) is 17.4. The Labute approximate surface area is 160 Å². The minimum atomic E-state index is -0.570. The van der Waals surface area contributed by atoms with E-state index in [4.69, 9.17) is 5.73 Å². The molecule has 0 spiro atoms. The summed E-state index contributed by atoms with van der Waals surface area (Å²) in [4.78, 5) is 35.5. The fourth-order valence-corrected chi connectivity index (χ4v) is 4.34. The maximum atomic E-state index is 13.3. The lowest BCUT2D eigenvalue weighted by atomic mass is 10.1. The monoisotopic (exact) mass is 381 g/mol. The van der Waals surface area contributed by atoms with Crippen LogP contribution in [-0.4, -0.2) is 37.8 Å². The van der Waals surface area contributed by atoms with Crippen molar-refractivity contribution in [2.45, 2.75) is 25.8 Å². The lowest BCUT2D eigenvalue weighted by molar-refractivity contribution is 0.0735. The Morgan fingerprint density at radius 3 is 2.74 bits per heavy atom. The number of imidazole rings is 1. The number of thiazole rings is 1. The fourth-order valence-electron chi connectivity index (χ4n) is 3.40. The van der Waals surface area contributed by atoms with Crippen LogP contribution in [0.3, 0.4) is 0 Å². The first-order valence-corrected chi connectivity index (χ1v) is 9.57. The van der Waals surface area contributed by atoms with Crippen LogP contribution in [0, 0.1) is 6.92 Å². The van der Waals surface area contributed by atoms with Gasteiger partial charge in [-0.05, 0) is 38.0 Å². The predicted molar refractivity (Wildman–Crippen MR) is 102 cm³/mol. The Hall–Kier alpha value is -3.00. The number of aryl methyl sites for hydroxylation is 1. The van der Waals surface area contributed by atoms with Gasteiger partial charge in [0.1, 0.15) is 5.01 Å². The topological polar surface area (TPSA) is 94.1 Å². The van der Waals surface area contributed by atoms with Gasteiger partial charge in [0.25, 0.3) is 5.91 Å². The van der Waals surface area contributed by atoms with Crippen molar-refractivity contribution in [2.24, 2.45) is 5.73 Å². The maximum Gasteiger partial charge on any atom is 0.254 e. The molecule has 4 rings (SSSR count). The summed E-state index contributed by atoms with van der Waals surface area (Å²) in [6, 6.07) is 4.96. The van der Waals surface area contributed by atoms with Gasteiger partial charge in [0.05, 0.1) is 12.4 Å². The van der Waals surface area contributed by atoms with Crippen molar-refractivity contribution in [1.82, 2.24) is 19.4 Å². The van der Waals surface area contributed by atoms with Crippen LogP contribution in [0.25, 0.3) is 5.69 Å². The van der Waals surface area contributed by atoms with E-state index >= 15 is 0 Å². The summed E-state index contributed by atoms with van der Waals surface area (Å²) in [6.45, 7) is 2.62. The summed E-state index contributed by atoms with van der Waals surface area (Å²) in [5, 5.41) is 2.96. The third-order valence-corrected chi connectivity index (χ3v) is 5.75. The lowest BCUT2D eigenvalue weighted by Gasteiger charge is -2.23. The molecule has 1 unspecified atom stereocenters. The van der Waals surface area contributed by atoms with Crippen LogP contribution in [-0.2, 0) is 0 Å². The SMILES string of the molecule is Cc1csc(C2CCCN2C(=O)c2cc(C(N)=O)cc(-n3ccnc3)c2)n1. The van der Waals surface area contributed by atoms with Crippen LogP contribution in [0.2, 0.25) is 0 Å². The van der Waals surface area contributed by atoms with Crippen molar-refractivity contribution >= 4 is 23.2 Å². The molecule has 0 saturated carbocycles. The molecule has 0 bridgehead atoms. The third kappa shape index (κ3) is 3.35. The number of primary amides is 1. The van der Waals surface area contributed by atoms with Gasteiger partial charge in [0, 0.05) is 46.8 Å². The summed E-state index contributed by atoms with van der Waals surface area (Å²) in [5.41, 5.74) is 7.86. The van der Waals surface area contributed by atoms with E-state index in [1.165, 1.54) is 0 Å². The Balaban J connectivity index is 1.71. The Kier molecular flexibility index (Phi) is 4.49. The molecule has 3 aromatic rings. The van der Waals surface area contributed by atoms with Crippen LogP contribution in [0.15, 0.2) is 42.3 Å². The van der Waals surface area contributed by atoms with Gasteiger partial charge in [0.15, 0.2) is 0 Å². The summed E-state index contributed by atoms with van der Waals surface area (Å²) < 4.78 is 1.74. The number of aromatic nitrogens is 3. The highest BCUT2D eigenvalue weighted by Gasteiger charge is 2.32. The quantitative estimate of drug-likeness (QED) is 0.752. The molecule has 1 atom stereocenters. The minimum absolute atomic E-state index is 0.0230. The molecule has 7 nitrogen and oxygen atoms in total. The molecular weight excluding hydrogens is 362 g/mol. The van der Waals surface area contributed by atoms with E-state index in [-0.39, 0.29) is 11.9 Å². The largest absolute Gasteiger partial charge is 0.366 e. The van der Waals surface area contributed by atoms with Crippen molar-refractivity contribution in [3.8, 4) is 5.69 Å². The molecule has 8 heteroatoms. The van der Waals surface area contributed by atoms with Gasteiger partial charge in [0.2, 0.25) is 5.91 Å². The van der Waals surface area contributed by atoms with Crippen molar-refractivity contribution in [3.63, 3.8) is 0 Å². The number of hydrogen-bond acceptors (Lipinski definition) is 5. The average Bonchev–Trinajstić information content (AvgIpc) is 3.41. The van der Waals surface area contributed by atoms with E-state index in [0.29, 0.717) is 23.4 Å². The van der Waals surface area contributed by atoms with Crippen LogP contribution in [0.5, 0.6) is 0 Å². The van der Waals surface area contributed by atoms with Crippen LogP contribution >= 0.6 is 11.3 Å². The number of carbonyl (C=O) groups is 2. The number of hydrogen-bond donors (Lipinski definition) is 1. The van der Waals surface area contributed by atoms with Crippen molar-refractivity contribution in [3.05, 3.63) is 64.1 Å². The minimum Gasteiger partial charge on any atom is -0.366 e. The summed E-state index contributed by atoms with van der Waals surface area (Å²) in [5.74, 6) is -0.686. The van der Waals surface area contributed by atoms with Crippen molar-refractivity contribution < 1.29 is 9.59 Å². The van der Waals surface area contributed by atoms with Crippen LogP contribution < -0.4 is 5.73 Å². The van der Waals surface area contributed by atoms with Crippen molar-refractivity contribution in [2.75, 3.05) is 6.54 Å². The summed E-state index contributed by atoms with van der Waals surface area (Å²) in [7, 11) is 0. The molecule has 1 aliphatic heterocycles. The highest BCUT2D eigenvalue weighted by atomic mass is 32.1. The molecule has 1 aliphatic rings. The first-order chi connectivity index (χ1) is 13.0. The molecule has 138 valence electrons. The Bertz CT molecular complexity index is 995. The van der Waals surface area contributed by atoms with Gasteiger partial charge in [-0.1, -0.05) is 0 Å². The highest BCUT2D eigenvalue weighted by molar-refractivity contribution is 7.09. The molecule has 2 amide bonds. The first-order valence-electron chi connectivity index (χ1n) is 8.69. The number of benzene rings is 1. The third-order valence-electron chi connectivity index (χ3n) is 4.69. The molecular formula is C19H19N5O2S. The van der Waals surface area contributed by atoms with Gasteiger partial charge in [-0.3, -0.25) is 9.59 Å². The normalized spacial score (nSPS) is 16.6. The molecule has 0 radical (unpaired) electrons.